The molecule has 0 fully saturated rings. The minimum absolute atomic E-state index is 0.575. The highest BCUT2D eigenvalue weighted by molar-refractivity contribution is 9.09. The maximum absolute atomic E-state index is 10.5. The number of alkyl halides is 1. The quantitative estimate of drug-likeness (QED) is 0.825. The molecule has 1 nitrogen and oxygen atoms in total. The van der Waals surface area contributed by atoms with Gasteiger partial charge in [-0.25, -0.2) is 0 Å². The molecule has 1 atom stereocenters. The third-order valence-electron chi connectivity index (χ3n) is 2.72. The highest BCUT2D eigenvalue weighted by Crippen LogP contribution is 2.40. The van der Waals surface area contributed by atoms with E-state index in [9.17, 15) is 5.11 Å². The Balaban J connectivity index is 2.47. The molecule has 0 spiro atoms. The molecule has 0 saturated carbocycles. The second kappa shape index (κ2) is 5.00. The molecule has 0 amide bonds. The van der Waals surface area contributed by atoms with Gasteiger partial charge in [-0.2, -0.15) is 0 Å². The van der Waals surface area contributed by atoms with Gasteiger partial charge in [0.2, 0.25) is 0 Å². The van der Waals surface area contributed by atoms with E-state index >= 15 is 0 Å². The molecule has 4 heteroatoms. The SMILES string of the molecule is CCC(O)(CBr)c1ccsc1-c1cccs1. The van der Waals surface area contributed by atoms with Gasteiger partial charge in [-0.05, 0) is 29.3 Å². The molecule has 2 aromatic rings. The summed E-state index contributed by atoms with van der Waals surface area (Å²) in [5.74, 6) is 0. The van der Waals surface area contributed by atoms with Crippen molar-refractivity contribution in [3.8, 4) is 9.75 Å². The molecule has 0 aliphatic carbocycles. The number of aliphatic hydroxyl groups is 1. The van der Waals surface area contributed by atoms with Crippen LogP contribution < -0.4 is 0 Å². The van der Waals surface area contributed by atoms with Crippen LogP contribution in [0.5, 0.6) is 0 Å². The van der Waals surface area contributed by atoms with E-state index in [0.717, 1.165) is 5.56 Å². The van der Waals surface area contributed by atoms with Crippen molar-refractivity contribution in [2.45, 2.75) is 18.9 Å². The Morgan fingerprint density at radius 3 is 2.69 bits per heavy atom. The first-order chi connectivity index (χ1) is 7.71. The van der Waals surface area contributed by atoms with Crippen molar-refractivity contribution in [3.63, 3.8) is 0 Å². The van der Waals surface area contributed by atoms with E-state index in [4.69, 9.17) is 0 Å². The van der Waals surface area contributed by atoms with Crippen LogP contribution in [-0.2, 0) is 5.60 Å². The number of hydrogen-bond acceptors (Lipinski definition) is 3. The third-order valence-corrected chi connectivity index (χ3v) is 5.61. The van der Waals surface area contributed by atoms with Crippen LogP contribution in [0.15, 0.2) is 29.0 Å². The third kappa shape index (κ3) is 2.12. The highest BCUT2D eigenvalue weighted by Gasteiger charge is 2.29. The van der Waals surface area contributed by atoms with Crippen LogP contribution in [0.25, 0.3) is 9.75 Å². The van der Waals surface area contributed by atoms with E-state index < -0.39 is 5.60 Å². The maximum atomic E-state index is 10.5. The van der Waals surface area contributed by atoms with Crippen LogP contribution in [0, 0.1) is 0 Å². The van der Waals surface area contributed by atoms with E-state index in [-0.39, 0.29) is 0 Å². The first-order valence-corrected chi connectivity index (χ1v) is 7.99. The summed E-state index contributed by atoms with van der Waals surface area (Å²) in [6.07, 6.45) is 0.716. The average molecular weight is 317 g/mol. The van der Waals surface area contributed by atoms with Gasteiger partial charge in [-0.15, -0.1) is 22.7 Å². The van der Waals surface area contributed by atoms with Crippen molar-refractivity contribution in [1.29, 1.82) is 0 Å². The Labute approximate surface area is 112 Å². The zero-order valence-corrected chi connectivity index (χ0v) is 12.2. The molecular formula is C12H13BrOS2. The Morgan fingerprint density at radius 1 is 1.31 bits per heavy atom. The van der Waals surface area contributed by atoms with E-state index in [1.165, 1.54) is 9.75 Å². The summed E-state index contributed by atoms with van der Waals surface area (Å²) < 4.78 is 0. The monoisotopic (exact) mass is 316 g/mol. The number of halogens is 1. The summed E-state index contributed by atoms with van der Waals surface area (Å²) >= 11 is 6.82. The Bertz CT molecular complexity index is 443. The van der Waals surface area contributed by atoms with Gasteiger partial charge in [-0.3, -0.25) is 0 Å². The molecular weight excluding hydrogens is 304 g/mol. The van der Waals surface area contributed by atoms with E-state index in [0.29, 0.717) is 11.8 Å². The van der Waals surface area contributed by atoms with Crippen LogP contribution >= 0.6 is 38.6 Å². The lowest BCUT2D eigenvalue weighted by molar-refractivity contribution is 0.0607. The molecule has 86 valence electrons. The molecule has 2 aromatic heterocycles. The van der Waals surface area contributed by atoms with Crippen molar-refractivity contribution in [2.24, 2.45) is 0 Å². The minimum Gasteiger partial charge on any atom is -0.384 e. The van der Waals surface area contributed by atoms with Crippen LogP contribution in [0.3, 0.4) is 0 Å². The number of thiophene rings is 2. The lowest BCUT2D eigenvalue weighted by atomic mass is 9.93. The fourth-order valence-corrected chi connectivity index (χ4v) is 4.21. The average Bonchev–Trinajstić information content (AvgIpc) is 2.97. The maximum Gasteiger partial charge on any atom is 0.100 e. The molecule has 0 radical (unpaired) electrons. The van der Waals surface area contributed by atoms with Crippen molar-refractivity contribution >= 4 is 38.6 Å². The molecule has 0 bridgehead atoms. The van der Waals surface area contributed by atoms with Gasteiger partial charge in [-0.1, -0.05) is 28.9 Å². The first-order valence-electron chi connectivity index (χ1n) is 5.11. The molecule has 0 aromatic carbocycles. The fourth-order valence-electron chi connectivity index (χ4n) is 1.63. The molecule has 1 N–H and O–H groups in total. The second-order valence-corrected chi connectivity index (χ2v) is 6.08. The summed E-state index contributed by atoms with van der Waals surface area (Å²) in [6, 6.07) is 6.18. The summed E-state index contributed by atoms with van der Waals surface area (Å²) in [5.41, 5.74) is 0.290. The molecule has 1 unspecified atom stereocenters. The Kier molecular flexibility index (Phi) is 3.85. The van der Waals surface area contributed by atoms with Gasteiger partial charge in [0.25, 0.3) is 0 Å². The van der Waals surface area contributed by atoms with Gasteiger partial charge in [0.15, 0.2) is 0 Å². The predicted octanol–water partition coefficient (Wildman–Crippen LogP) is 4.47. The Morgan fingerprint density at radius 2 is 2.12 bits per heavy atom. The number of hydrogen-bond donors (Lipinski definition) is 1. The van der Waals surface area contributed by atoms with Crippen LogP contribution in [0.2, 0.25) is 0 Å². The van der Waals surface area contributed by atoms with Gasteiger partial charge < -0.3 is 5.11 Å². The number of rotatable bonds is 4. The van der Waals surface area contributed by atoms with Crippen LogP contribution in [-0.4, -0.2) is 10.4 Å². The molecule has 0 aliphatic rings. The standard InChI is InChI=1S/C12H13BrOS2/c1-2-12(14,8-13)9-5-7-16-11(9)10-4-3-6-15-10/h3-7,14H,2,8H2,1H3. The molecule has 0 saturated heterocycles. The topological polar surface area (TPSA) is 20.2 Å². The van der Waals surface area contributed by atoms with E-state index in [1.54, 1.807) is 22.7 Å². The fraction of sp³-hybridized carbons (Fsp3) is 0.333. The summed E-state index contributed by atoms with van der Waals surface area (Å²) in [6.45, 7) is 2.01. The van der Waals surface area contributed by atoms with Crippen molar-refractivity contribution in [1.82, 2.24) is 0 Å². The molecule has 2 rings (SSSR count). The molecule has 2 heterocycles. The smallest absolute Gasteiger partial charge is 0.100 e. The second-order valence-electron chi connectivity index (χ2n) is 3.66. The van der Waals surface area contributed by atoms with Crippen LogP contribution in [0.4, 0.5) is 0 Å². The van der Waals surface area contributed by atoms with Gasteiger partial charge in [0.05, 0.1) is 4.88 Å². The zero-order chi connectivity index (χ0) is 11.6. The lowest BCUT2D eigenvalue weighted by Gasteiger charge is -2.24. The summed E-state index contributed by atoms with van der Waals surface area (Å²) in [7, 11) is 0. The van der Waals surface area contributed by atoms with Gasteiger partial charge >= 0.3 is 0 Å². The minimum atomic E-state index is -0.751. The summed E-state index contributed by atoms with van der Waals surface area (Å²) in [4.78, 5) is 2.43. The lowest BCUT2D eigenvalue weighted by Crippen LogP contribution is -2.26. The predicted molar refractivity (Wildman–Crippen MR) is 75.6 cm³/mol. The van der Waals surface area contributed by atoms with Gasteiger partial charge in [0.1, 0.15) is 5.60 Å². The van der Waals surface area contributed by atoms with E-state index in [2.05, 4.69) is 27.4 Å². The van der Waals surface area contributed by atoms with Crippen molar-refractivity contribution in [3.05, 3.63) is 34.5 Å². The van der Waals surface area contributed by atoms with Crippen molar-refractivity contribution < 1.29 is 5.11 Å². The van der Waals surface area contributed by atoms with E-state index in [1.807, 2.05) is 24.4 Å². The Hall–Kier alpha value is -0.160. The normalized spacial score (nSPS) is 14.9. The van der Waals surface area contributed by atoms with Crippen molar-refractivity contribution in [2.75, 3.05) is 5.33 Å². The first kappa shape index (κ1) is 12.3. The summed E-state index contributed by atoms with van der Waals surface area (Å²) in [5, 5.41) is 15.2. The van der Waals surface area contributed by atoms with Gasteiger partial charge in [0, 0.05) is 15.8 Å². The molecule has 0 aliphatic heterocycles. The zero-order valence-electron chi connectivity index (χ0n) is 8.94. The highest BCUT2D eigenvalue weighted by atomic mass is 79.9. The largest absolute Gasteiger partial charge is 0.384 e. The van der Waals surface area contributed by atoms with Crippen LogP contribution in [0.1, 0.15) is 18.9 Å². The molecule has 16 heavy (non-hydrogen) atoms.